The SMILES string of the molecule is CC(C)c1ccc(OCCc2ncc(C#N)s2)cc1. The van der Waals surface area contributed by atoms with E-state index < -0.39 is 0 Å². The molecule has 0 aliphatic carbocycles. The van der Waals surface area contributed by atoms with E-state index in [4.69, 9.17) is 10.00 Å². The van der Waals surface area contributed by atoms with Gasteiger partial charge in [-0.05, 0) is 23.6 Å². The predicted molar refractivity (Wildman–Crippen MR) is 76.6 cm³/mol. The molecule has 0 atom stereocenters. The van der Waals surface area contributed by atoms with Gasteiger partial charge in [0.25, 0.3) is 0 Å². The van der Waals surface area contributed by atoms with E-state index in [9.17, 15) is 0 Å². The van der Waals surface area contributed by atoms with Gasteiger partial charge in [0.15, 0.2) is 0 Å². The number of nitriles is 1. The standard InChI is InChI=1S/C15H16N2OS/c1-11(2)12-3-5-13(6-4-12)18-8-7-15-17-10-14(9-16)19-15/h3-6,10-11H,7-8H2,1-2H3. The van der Waals surface area contributed by atoms with Gasteiger partial charge in [0, 0.05) is 6.42 Å². The van der Waals surface area contributed by atoms with Crippen molar-refractivity contribution in [1.29, 1.82) is 5.26 Å². The van der Waals surface area contributed by atoms with Gasteiger partial charge >= 0.3 is 0 Å². The molecule has 0 fully saturated rings. The Morgan fingerprint density at radius 3 is 2.63 bits per heavy atom. The number of benzene rings is 1. The summed E-state index contributed by atoms with van der Waals surface area (Å²) in [5, 5.41) is 9.65. The number of hydrogen-bond acceptors (Lipinski definition) is 4. The first kappa shape index (κ1) is 13.6. The Bertz CT molecular complexity index is 567. The van der Waals surface area contributed by atoms with Crippen LogP contribution in [-0.2, 0) is 6.42 Å². The van der Waals surface area contributed by atoms with Crippen LogP contribution in [-0.4, -0.2) is 11.6 Å². The first-order chi connectivity index (χ1) is 9.19. The summed E-state index contributed by atoms with van der Waals surface area (Å²) in [6.45, 7) is 4.93. The van der Waals surface area contributed by atoms with Gasteiger partial charge in [-0.2, -0.15) is 5.26 Å². The molecule has 1 aromatic carbocycles. The monoisotopic (exact) mass is 272 g/mol. The van der Waals surface area contributed by atoms with E-state index in [0.29, 0.717) is 17.4 Å². The minimum Gasteiger partial charge on any atom is -0.493 e. The quantitative estimate of drug-likeness (QED) is 0.832. The lowest BCUT2D eigenvalue weighted by Gasteiger charge is -2.08. The zero-order chi connectivity index (χ0) is 13.7. The molecule has 0 bridgehead atoms. The molecule has 2 rings (SSSR count). The van der Waals surface area contributed by atoms with Gasteiger partial charge in [-0.25, -0.2) is 4.98 Å². The fraction of sp³-hybridized carbons (Fsp3) is 0.333. The first-order valence-corrected chi connectivity index (χ1v) is 7.08. The molecule has 1 heterocycles. The fourth-order valence-electron chi connectivity index (χ4n) is 1.68. The smallest absolute Gasteiger partial charge is 0.124 e. The van der Waals surface area contributed by atoms with E-state index in [-0.39, 0.29) is 0 Å². The number of nitrogens with zero attached hydrogens (tertiary/aromatic N) is 2. The van der Waals surface area contributed by atoms with Crippen LogP contribution in [0, 0.1) is 11.3 Å². The second-order valence-electron chi connectivity index (χ2n) is 4.55. The molecule has 0 unspecified atom stereocenters. The van der Waals surface area contributed by atoms with E-state index in [1.54, 1.807) is 6.20 Å². The summed E-state index contributed by atoms with van der Waals surface area (Å²) >= 11 is 1.42. The Kier molecular flexibility index (Phi) is 4.53. The Morgan fingerprint density at radius 2 is 2.05 bits per heavy atom. The van der Waals surface area contributed by atoms with Gasteiger partial charge in [-0.3, -0.25) is 0 Å². The van der Waals surface area contributed by atoms with Crippen molar-refractivity contribution in [3.63, 3.8) is 0 Å². The number of ether oxygens (including phenoxy) is 1. The van der Waals surface area contributed by atoms with Crippen LogP contribution in [0.5, 0.6) is 5.75 Å². The van der Waals surface area contributed by atoms with E-state index >= 15 is 0 Å². The van der Waals surface area contributed by atoms with Crippen LogP contribution >= 0.6 is 11.3 Å². The van der Waals surface area contributed by atoms with Gasteiger partial charge in [0.05, 0.1) is 17.8 Å². The molecule has 98 valence electrons. The lowest BCUT2D eigenvalue weighted by Crippen LogP contribution is -2.01. The molecule has 19 heavy (non-hydrogen) atoms. The van der Waals surface area contributed by atoms with Crippen LogP contribution in [0.3, 0.4) is 0 Å². The summed E-state index contributed by atoms with van der Waals surface area (Å²) in [7, 11) is 0. The summed E-state index contributed by atoms with van der Waals surface area (Å²) < 4.78 is 5.67. The zero-order valence-corrected chi connectivity index (χ0v) is 11.9. The van der Waals surface area contributed by atoms with E-state index in [0.717, 1.165) is 17.2 Å². The largest absolute Gasteiger partial charge is 0.493 e. The van der Waals surface area contributed by atoms with Crippen LogP contribution < -0.4 is 4.74 Å². The third kappa shape index (κ3) is 3.80. The van der Waals surface area contributed by atoms with Gasteiger partial charge in [-0.1, -0.05) is 26.0 Å². The minimum absolute atomic E-state index is 0.536. The lowest BCUT2D eigenvalue weighted by molar-refractivity contribution is 0.321. The summed E-state index contributed by atoms with van der Waals surface area (Å²) in [4.78, 5) is 4.82. The van der Waals surface area contributed by atoms with E-state index in [2.05, 4.69) is 37.0 Å². The van der Waals surface area contributed by atoms with Crippen LogP contribution in [0.4, 0.5) is 0 Å². The molecule has 0 aliphatic heterocycles. The zero-order valence-electron chi connectivity index (χ0n) is 11.1. The van der Waals surface area contributed by atoms with Gasteiger partial charge in [-0.15, -0.1) is 11.3 Å². The summed E-state index contributed by atoms with van der Waals surface area (Å²) in [5.41, 5.74) is 1.31. The van der Waals surface area contributed by atoms with Crippen molar-refractivity contribution >= 4 is 11.3 Å². The average Bonchev–Trinajstić information content (AvgIpc) is 2.87. The van der Waals surface area contributed by atoms with E-state index in [1.165, 1.54) is 16.9 Å². The first-order valence-electron chi connectivity index (χ1n) is 6.26. The van der Waals surface area contributed by atoms with Gasteiger partial charge in [0.2, 0.25) is 0 Å². The molecule has 0 amide bonds. The van der Waals surface area contributed by atoms with Crippen LogP contribution in [0.25, 0.3) is 0 Å². The Hall–Kier alpha value is -1.86. The summed E-state index contributed by atoms with van der Waals surface area (Å²) in [6, 6.07) is 10.3. The Balaban J connectivity index is 1.84. The molecular formula is C15H16N2OS. The Morgan fingerprint density at radius 1 is 1.32 bits per heavy atom. The van der Waals surface area contributed by atoms with Gasteiger partial charge in [0.1, 0.15) is 16.7 Å². The minimum atomic E-state index is 0.536. The highest BCUT2D eigenvalue weighted by Crippen LogP contribution is 2.19. The summed E-state index contributed by atoms with van der Waals surface area (Å²) in [6.07, 6.45) is 2.34. The van der Waals surface area contributed by atoms with Crippen molar-refractivity contribution < 1.29 is 4.74 Å². The van der Waals surface area contributed by atoms with Crippen molar-refractivity contribution in [3.8, 4) is 11.8 Å². The number of aromatic nitrogens is 1. The number of hydrogen-bond donors (Lipinski definition) is 0. The predicted octanol–water partition coefficient (Wildman–Crippen LogP) is 3.76. The fourth-order valence-corrected chi connectivity index (χ4v) is 2.38. The Labute approximate surface area is 117 Å². The van der Waals surface area contributed by atoms with Crippen molar-refractivity contribution in [2.24, 2.45) is 0 Å². The maximum absolute atomic E-state index is 8.71. The second-order valence-corrected chi connectivity index (χ2v) is 5.67. The molecule has 0 saturated carbocycles. The number of thiazole rings is 1. The van der Waals surface area contributed by atoms with E-state index in [1.807, 2.05) is 12.1 Å². The lowest BCUT2D eigenvalue weighted by atomic mass is 10.0. The molecule has 4 heteroatoms. The molecule has 0 saturated heterocycles. The maximum Gasteiger partial charge on any atom is 0.124 e. The molecule has 0 aliphatic rings. The molecule has 0 radical (unpaired) electrons. The van der Waals surface area contributed by atoms with Crippen LogP contribution in [0.15, 0.2) is 30.5 Å². The molecule has 0 N–H and O–H groups in total. The van der Waals surface area contributed by atoms with Crippen molar-refractivity contribution in [1.82, 2.24) is 4.98 Å². The average molecular weight is 272 g/mol. The van der Waals surface area contributed by atoms with Crippen molar-refractivity contribution in [2.75, 3.05) is 6.61 Å². The van der Waals surface area contributed by atoms with Crippen LogP contribution in [0.2, 0.25) is 0 Å². The van der Waals surface area contributed by atoms with Crippen molar-refractivity contribution in [2.45, 2.75) is 26.2 Å². The molecule has 3 nitrogen and oxygen atoms in total. The number of rotatable bonds is 5. The third-order valence-electron chi connectivity index (χ3n) is 2.80. The maximum atomic E-state index is 8.71. The topological polar surface area (TPSA) is 45.9 Å². The van der Waals surface area contributed by atoms with Gasteiger partial charge < -0.3 is 4.74 Å². The second kappa shape index (κ2) is 6.35. The molecule has 0 spiro atoms. The van der Waals surface area contributed by atoms with Crippen LogP contribution in [0.1, 0.15) is 35.2 Å². The van der Waals surface area contributed by atoms with Crippen molar-refractivity contribution in [3.05, 3.63) is 45.9 Å². The highest BCUT2D eigenvalue weighted by Gasteiger charge is 2.02. The third-order valence-corrected chi connectivity index (χ3v) is 3.76. The summed E-state index contributed by atoms with van der Waals surface area (Å²) in [5.74, 6) is 1.41. The molecular weight excluding hydrogens is 256 g/mol. The molecule has 1 aromatic heterocycles. The normalized spacial score (nSPS) is 10.4. The highest BCUT2D eigenvalue weighted by molar-refractivity contribution is 7.12. The highest BCUT2D eigenvalue weighted by atomic mass is 32.1. The molecule has 2 aromatic rings.